The van der Waals surface area contributed by atoms with Crippen LogP contribution in [0, 0.1) is 0 Å². The molecule has 0 spiro atoms. The van der Waals surface area contributed by atoms with Crippen LogP contribution >= 0.6 is 0 Å². The predicted molar refractivity (Wildman–Crippen MR) is 80.8 cm³/mol. The van der Waals surface area contributed by atoms with Gasteiger partial charge < -0.3 is 14.8 Å². The molecule has 108 valence electrons. The lowest BCUT2D eigenvalue weighted by molar-refractivity contribution is -0.114. The van der Waals surface area contributed by atoms with Gasteiger partial charge in [-0.25, -0.2) is 0 Å². The van der Waals surface area contributed by atoms with Crippen LogP contribution in [0.2, 0.25) is 0 Å². The minimum absolute atomic E-state index is 0.0895. The first-order valence-electron chi connectivity index (χ1n) is 6.95. The van der Waals surface area contributed by atoms with E-state index in [1.807, 2.05) is 48.5 Å². The van der Waals surface area contributed by atoms with E-state index in [0.717, 1.165) is 22.4 Å². The summed E-state index contributed by atoms with van der Waals surface area (Å²) in [7, 11) is 0. The molecule has 0 aliphatic carbocycles. The minimum atomic E-state index is -0.341. The summed E-state index contributed by atoms with van der Waals surface area (Å²) in [6.45, 7) is 2.71. The number of ether oxygens (including phenoxy) is 2. The van der Waals surface area contributed by atoms with Gasteiger partial charge >= 0.3 is 0 Å². The van der Waals surface area contributed by atoms with Crippen LogP contribution in [0.4, 0.5) is 5.69 Å². The van der Waals surface area contributed by atoms with Gasteiger partial charge in [0.25, 0.3) is 0 Å². The summed E-state index contributed by atoms with van der Waals surface area (Å²) in [6, 6.07) is 15.7. The molecule has 3 rings (SSSR count). The predicted octanol–water partition coefficient (Wildman–Crippen LogP) is 3.36. The van der Waals surface area contributed by atoms with E-state index in [1.165, 1.54) is 6.92 Å². The van der Waals surface area contributed by atoms with Gasteiger partial charge in [-0.1, -0.05) is 42.5 Å². The van der Waals surface area contributed by atoms with Crippen molar-refractivity contribution in [2.45, 2.75) is 13.2 Å². The molecule has 4 nitrogen and oxygen atoms in total. The summed E-state index contributed by atoms with van der Waals surface area (Å²) in [6.07, 6.45) is -0.341. The fraction of sp³-hybridized carbons (Fsp3) is 0.235. The first-order chi connectivity index (χ1) is 10.3. The molecule has 1 aliphatic rings. The van der Waals surface area contributed by atoms with E-state index in [4.69, 9.17) is 9.47 Å². The Hall–Kier alpha value is -2.17. The van der Waals surface area contributed by atoms with Crippen molar-refractivity contribution in [2.75, 3.05) is 18.5 Å². The highest BCUT2D eigenvalue weighted by atomic mass is 16.7. The summed E-state index contributed by atoms with van der Waals surface area (Å²) >= 11 is 0. The van der Waals surface area contributed by atoms with E-state index < -0.39 is 0 Å². The fourth-order valence-electron chi connectivity index (χ4n) is 2.50. The van der Waals surface area contributed by atoms with Crippen LogP contribution in [0.15, 0.2) is 48.5 Å². The number of anilines is 1. The van der Waals surface area contributed by atoms with Crippen molar-refractivity contribution in [2.24, 2.45) is 0 Å². The van der Waals surface area contributed by atoms with Gasteiger partial charge in [0.05, 0.1) is 13.2 Å². The third-order valence-corrected chi connectivity index (χ3v) is 3.36. The van der Waals surface area contributed by atoms with Crippen LogP contribution < -0.4 is 5.32 Å². The van der Waals surface area contributed by atoms with E-state index in [0.29, 0.717) is 13.2 Å². The molecule has 2 aromatic rings. The maximum atomic E-state index is 11.4. The van der Waals surface area contributed by atoms with E-state index in [1.54, 1.807) is 0 Å². The number of para-hydroxylation sites is 1. The lowest BCUT2D eigenvalue weighted by Crippen LogP contribution is -2.08. The van der Waals surface area contributed by atoms with Crippen molar-refractivity contribution in [3.05, 3.63) is 54.1 Å². The van der Waals surface area contributed by atoms with Gasteiger partial charge in [0, 0.05) is 23.7 Å². The molecule has 1 heterocycles. The molecule has 0 unspecified atom stereocenters. The van der Waals surface area contributed by atoms with Crippen molar-refractivity contribution in [1.82, 2.24) is 0 Å². The Balaban J connectivity index is 2.06. The summed E-state index contributed by atoms with van der Waals surface area (Å²) < 4.78 is 11.2. The molecule has 0 atom stereocenters. The highest BCUT2D eigenvalue weighted by Crippen LogP contribution is 2.36. The minimum Gasteiger partial charge on any atom is -0.346 e. The number of carbonyl (C=O) groups excluding carboxylic acids is 1. The van der Waals surface area contributed by atoms with Gasteiger partial charge in [-0.15, -0.1) is 0 Å². The molecule has 4 heteroatoms. The van der Waals surface area contributed by atoms with Crippen molar-refractivity contribution >= 4 is 11.6 Å². The molecular weight excluding hydrogens is 266 g/mol. The largest absolute Gasteiger partial charge is 0.346 e. The molecule has 2 aromatic carbocycles. The fourth-order valence-corrected chi connectivity index (χ4v) is 2.50. The zero-order valence-electron chi connectivity index (χ0n) is 11.8. The zero-order valence-corrected chi connectivity index (χ0v) is 11.8. The molecular formula is C17H17NO3. The quantitative estimate of drug-likeness (QED) is 0.939. The third-order valence-electron chi connectivity index (χ3n) is 3.36. The molecule has 1 N–H and O–H groups in total. The van der Waals surface area contributed by atoms with Crippen molar-refractivity contribution in [3.8, 4) is 11.1 Å². The van der Waals surface area contributed by atoms with Crippen LogP contribution in [0.1, 0.15) is 18.8 Å². The standard InChI is InChI=1S/C17H17NO3/c1-12(19)18-16-9-5-4-7-14(16)13-6-2-3-8-15(13)17-20-10-11-21-17/h2-9,17H,10-11H2,1H3,(H,18,19). The van der Waals surface area contributed by atoms with Gasteiger partial charge in [-0.05, 0) is 11.6 Å². The molecule has 0 radical (unpaired) electrons. The zero-order chi connectivity index (χ0) is 14.7. The molecule has 0 saturated carbocycles. The van der Waals surface area contributed by atoms with E-state index in [2.05, 4.69) is 5.32 Å². The number of rotatable bonds is 3. The Morgan fingerprint density at radius 3 is 2.33 bits per heavy atom. The van der Waals surface area contributed by atoms with Gasteiger partial charge in [-0.3, -0.25) is 4.79 Å². The Kier molecular flexibility index (Phi) is 3.99. The summed E-state index contributed by atoms with van der Waals surface area (Å²) in [5.41, 5.74) is 3.74. The lowest BCUT2D eigenvalue weighted by atomic mass is 9.97. The van der Waals surface area contributed by atoms with Gasteiger partial charge in [0.1, 0.15) is 0 Å². The maximum Gasteiger partial charge on any atom is 0.221 e. The number of benzene rings is 2. The molecule has 0 aromatic heterocycles. The molecule has 0 bridgehead atoms. The van der Waals surface area contributed by atoms with Crippen molar-refractivity contribution < 1.29 is 14.3 Å². The maximum absolute atomic E-state index is 11.4. The Morgan fingerprint density at radius 2 is 1.62 bits per heavy atom. The van der Waals surface area contributed by atoms with Crippen LogP contribution in [0.5, 0.6) is 0 Å². The van der Waals surface area contributed by atoms with Crippen LogP contribution in [-0.4, -0.2) is 19.1 Å². The Bertz CT molecular complexity index is 648. The Labute approximate surface area is 123 Å². The lowest BCUT2D eigenvalue weighted by Gasteiger charge is -2.17. The monoisotopic (exact) mass is 283 g/mol. The highest BCUT2D eigenvalue weighted by molar-refractivity contribution is 5.94. The molecule has 1 saturated heterocycles. The average molecular weight is 283 g/mol. The molecule has 21 heavy (non-hydrogen) atoms. The normalized spacial score (nSPS) is 15.1. The summed E-state index contributed by atoms with van der Waals surface area (Å²) in [5, 5.41) is 2.87. The number of nitrogens with one attached hydrogen (secondary N) is 1. The first kappa shape index (κ1) is 13.8. The van der Waals surface area contributed by atoms with Gasteiger partial charge in [0.2, 0.25) is 5.91 Å². The van der Waals surface area contributed by atoms with Crippen LogP contribution in [0.25, 0.3) is 11.1 Å². The summed E-state index contributed by atoms with van der Waals surface area (Å²) in [4.78, 5) is 11.4. The smallest absolute Gasteiger partial charge is 0.221 e. The van der Waals surface area contributed by atoms with E-state index in [-0.39, 0.29) is 12.2 Å². The second-order valence-corrected chi connectivity index (χ2v) is 4.89. The van der Waals surface area contributed by atoms with Gasteiger partial charge in [0.15, 0.2) is 6.29 Å². The topological polar surface area (TPSA) is 47.6 Å². The third kappa shape index (κ3) is 2.96. The number of carbonyl (C=O) groups is 1. The SMILES string of the molecule is CC(=O)Nc1ccccc1-c1ccccc1C1OCCO1. The number of hydrogen-bond donors (Lipinski definition) is 1. The van der Waals surface area contributed by atoms with Crippen molar-refractivity contribution in [1.29, 1.82) is 0 Å². The second kappa shape index (κ2) is 6.08. The molecule has 1 aliphatic heterocycles. The van der Waals surface area contributed by atoms with Gasteiger partial charge in [-0.2, -0.15) is 0 Å². The van der Waals surface area contributed by atoms with E-state index in [9.17, 15) is 4.79 Å². The van der Waals surface area contributed by atoms with E-state index >= 15 is 0 Å². The molecule has 1 fully saturated rings. The first-order valence-corrected chi connectivity index (χ1v) is 6.95. The number of hydrogen-bond acceptors (Lipinski definition) is 3. The second-order valence-electron chi connectivity index (χ2n) is 4.89. The molecule has 1 amide bonds. The Morgan fingerprint density at radius 1 is 1.00 bits per heavy atom. The van der Waals surface area contributed by atoms with Crippen molar-refractivity contribution in [3.63, 3.8) is 0 Å². The summed E-state index contributed by atoms with van der Waals surface area (Å²) in [5.74, 6) is -0.0895. The number of amides is 1. The highest BCUT2D eigenvalue weighted by Gasteiger charge is 2.22. The van der Waals surface area contributed by atoms with Crippen LogP contribution in [-0.2, 0) is 14.3 Å². The average Bonchev–Trinajstić information content (AvgIpc) is 3.01. The van der Waals surface area contributed by atoms with Crippen LogP contribution in [0.3, 0.4) is 0 Å².